The molecule has 0 saturated heterocycles. The molecule has 58 valence electrons. The summed E-state index contributed by atoms with van der Waals surface area (Å²) in [5.74, 6) is 0.715. The zero-order chi connectivity index (χ0) is 8.27. The van der Waals surface area contributed by atoms with Gasteiger partial charge in [0.2, 0.25) is 0 Å². The average Bonchev–Trinajstić information content (AvgIpc) is 2.33. The second-order valence-electron chi connectivity index (χ2n) is 2.54. The Morgan fingerprint density at radius 1 is 1.73 bits per heavy atom. The molecule has 1 aromatic heterocycles. The van der Waals surface area contributed by atoms with Gasteiger partial charge in [0.25, 0.3) is 0 Å². The van der Waals surface area contributed by atoms with Crippen molar-refractivity contribution in [3.63, 3.8) is 0 Å². The smallest absolute Gasteiger partial charge is 0.224 e. The molecule has 1 aromatic rings. The van der Waals surface area contributed by atoms with E-state index in [1.165, 1.54) is 0 Å². The van der Waals surface area contributed by atoms with Crippen LogP contribution in [0.1, 0.15) is 19.2 Å². The molecule has 0 N–H and O–H groups in total. The first-order chi connectivity index (χ1) is 5.29. The van der Waals surface area contributed by atoms with Gasteiger partial charge in [0.05, 0.1) is 13.6 Å². The Morgan fingerprint density at radius 2 is 2.45 bits per heavy atom. The second kappa shape index (κ2) is 3.20. The SMILES string of the molecule is CCCn1cc[n+](C)c1C#N. The van der Waals surface area contributed by atoms with Gasteiger partial charge in [0.1, 0.15) is 12.4 Å². The van der Waals surface area contributed by atoms with Crippen LogP contribution in [0.25, 0.3) is 0 Å². The summed E-state index contributed by atoms with van der Waals surface area (Å²) >= 11 is 0. The Labute approximate surface area is 66.5 Å². The first kappa shape index (κ1) is 7.80. The number of imidazole rings is 1. The normalized spacial score (nSPS) is 9.55. The van der Waals surface area contributed by atoms with Gasteiger partial charge in [-0.05, 0) is 6.42 Å². The average molecular weight is 150 g/mol. The van der Waals surface area contributed by atoms with Crippen LogP contribution in [0.15, 0.2) is 12.4 Å². The van der Waals surface area contributed by atoms with Crippen molar-refractivity contribution in [3.05, 3.63) is 18.2 Å². The molecule has 1 heterocycles. The predicted molar refractivity (Wildman–Crippen MR) is 40.6 cm³/mol. The number of hydrogen-bond acceptors (Lipinski definition) is 1. The molecule has 0 bridgehead atoms. The molecule has 1 rings (SSSR count). The van der Waals surface area contributed by atoms with Crippen LogP contribution in [0.5, 0.6) is 0 Å². The van der Waals surface area contributed by atoms with E-state index in [9.17, 15) is 0 Å². The third kappa shape index (κ3) is 1.40. The lowest BCUT2D eigenvalue weighted by atomic mass is 10.4. The van der Waals surface area contributed by atoms with E-state index in [0.29, 0.717) is 5.82 Å². The van der Waals surface area contributed by atoms with E-state index in [4.69, 9.17) is 5.26 Å². The Hall–Kier alpha value is -1.30. The number of aromatic nitrogens is 2. The Morgan fingerprint density at radius 3 is 3.00 bits per heavy atom. The van der Waals surface area contributed by atoms with Crippen molar-refractivity contribution in [2.75, 3.05) is 0 Å². The number of nitrogens with zero attached hydrogens (tertiary/aromatic N) is 3. The zero-order valence-electron chi connectivity index (χ0n) is 6.91. The minimum atomic E-state index is 0.715. The van der Waals surface area contributed by atoms with Crippen LogP contribution in [0.3, 0.4) is 0 Å². The van der Waals surface area contributed by atoms with E-state index in [1.54, 1.807) is 0 Å². The lowest BCUT2D eigenvalue weighted by molar-refractivity contribution is -0.673. The second-order valence-corrected chi connectivity index (χ2v) is 2.54. The molecular formula is C8H12N3+. The zero-order valence-corrected chi connectivity index (χ0v) is 6.91. The fourth-order valence-corrected chi connectivity index (χ4v) is 1.09. The third-order valence-electron chi connectivity index (χ3n) is 1.64. The fraction of sp³-hybridized carbons (Fsp3) is 0.500. The lowest BCUT2D eigenvalue weighted by Gasteiger charge is -1.91. The van der Waals surface area contributed by atoms with Crippen molar-refractivity contribution in [2.24, 2.45) is 7.05 Å². The highest BCUT2D eigenvalue weighted by Crippen LogP contribution is 1.94. The number of nitriles is 1. The topological polar surface area (TPSA) is 32.6 Å². The van der Waals surface area contributed by atoms with E-state index in [2.05, 4.69) is 13.0 Å². The highest BCUT2D eigenvalue weighted by molar-refractivity contribution is 5.04. The lowest BCUT2D eigenvalue weighted by Crippen LogP contribution is -2.30. The van der Waals surface area contributed by atoms with Crippen LogP contribution >= 0.6 is 0 Å². The first-order valence-corrected chi connectivity index (χ1v) is 3.74. The van der Waals surface area contributed by atoms with E-state index in [1.807, 2.05) is 28.6 Å². The molecule has 0 aliphatic heterocycles. The minimum absolute atomic E-state index is 0.715. The predicted octanol–water partition coefficient (Wildman–Crippen LogP) is 0.594. The van der Waals surface area contributed by atoms with Crippen LogP contribution in [0, 0.1) is 11.3 Å². The number of aryl methyl sites for hydroxylation is 2. The van der Waals surface area contributed by atoms with Gasteiger partial charge >= 0.3 is 5.82 Å². The molecule has 11 heavy (non-hydrogen) atoms. The summed E-state index contributed by atoms with van der Waals surface area (Å²) < 4.78 is 3.79. The standard InChI is InChI=1S/C8H12N3/c1-3-4-11-6-5-10(2)8(11)7-9/h5-6H,3-4H2,1-2H3/q+1. The van der Waals surface area contributed by atoms with Gasteiger partial charge < -0.3 is 0 Å². The summed E-state index contributed by atoms with van der Waals surface area (Å²) in [5.41, 5.74) is 0. The largest absolute Gasteiger partial charge is 0.361 e. The minimum Gasteiger partial charge on any atom is -0.224 e. The highest BCUT2D eigenvalue weighted by atomic mass is 15.1. The van der Waals surface area contributed by atoms with Gasteiger partial charge in [-0.25, -0.2) is 9.13 Å². The molecule has 0 aromatic carbocycles. The summed E-state index contributed by atoms with van der Waals surface area (Å²) in [4.78, 5) is 0. The van der Waals surface area contributed by atoms with Crippen molar-refractivity contribution in [3.8, 4) is 6.07 Å². The molecule has 0 spiro atoms. The fourth-order valence-electron chi connectivity index (χ4n) is 1.09. The van der Waals surface area contributed by atoms with Gasteiger partial charge in [-0.15, -0.1) is 0 Å². The molecule has 0 atom stereocenters. The number of rotatable bonds is 2. The first-order valence-electron chi connectivity index (χ1n) is 3.74. The Balaban J connectivity index is 2.98. The van der Waals surface area contributed by atoms with E-state index < -0.39 is 0 Å². The maximum atomic E-state index is 8.72. The highest BCUT2D eigenvalue weighted by Gasteiger charge is 2.11. The van der Waals surface area contributed by atoms with Crippen molar-refractivity contribution >= 4 is 0 Å². The van der Waals surface area contributed by atoms with E-state index >= 15 is 0 Å². The quantitative estimate of drug-likeness (QED) is 0.568. The van der Waals surface area contributed by atoms with Gasteiger partial charge in [0.15, 0.2) is 6.07 Å². The van der Waals surface area contributed by atoms with E-state index in [0.717, 1.165) is 13.0 Å². The molecular weight excluding hydrogens is 138 g/mol. The molecule has 3 heteroatoms. The van der Waals surface area contributed by atoms with Crippen LogP contribution < -0.4 is 4.57 Å². The van der Waals surface area contributed by atoms with Gasteiger partial charge in [-0.2, -0.15) is 5.26 Å². The molecule has 3 nitrogen and oxygen atoms in total. The van der Waals surface area contributed by atoms with Crippen molar-refractivity contribution in [1.82, 2.24) is 4.57 Å². The molecule has 0 aliphatic rings. The molecule has 0 saturated carbocycles. The summed E-state index contributed by atoms with van der Waals surface area (Å²) in [6, 6.07) is 2.15. The third-order valence-corrected chi connectivity index (χ3v) is 1.64. The summed E-state index contributed by atoms with van der Waals surface area (Å²) in [7, 11) is 1.88. The molecule has 0 unspecified atom stereocenters. The van der Waals surface area contributed by atoms with Gasteiger partial charge in [-0.1, -0.05) is 6.92 Å². The summed E-state index contributed by atoms with van der Waals surface area (Å²) in [6.45, 7) is 3.02. The molecule has 0 radical (unpaired) electrons. The molecule has 0 fully saturated rings. The number of hydrogen-bond donors (Lipinski definition) is 0. The van der Waals surface area contributed by atoms with Crippen LogP contribution in [-0.4, -0.2) is 4.57 Å². The molecule has 0 aliphatic carbocycles. The van der Waals surface area contributed by atoms with Crippen LogP contribution in [0.4, 0.5) is 0 Å². The molecule has 0 amide bonds. The summed E-state index contributed by atoms with van der Waals surface area (Å²) in [5, 5.41) is 8.72. The van der Waals surface area contributed by atoms with Gasteiger partial charge in [-0.3, -0.25) is 0 Å². The van der Waals surface area contributed by atoms with Crippen molar-refractivity contribution in [1.29, 1.82) is 5.26 Å². The van der Waals surface area contributed by atoms with Crippen molar-refractivity contribution in [2.45, 2.75) is 19.9 Å². The van der Waals surface area contributed by atoms with Gasteiger partial charge in [0, 0.05) is 0 Å². The van der Waals surface area contributed by atoms with Crippen LogP contribution in [-0.2, 0) is 13.6 Å². The van der Waals surface area contributed by atoms with Crippen molar-refractivity contribution < 1.29 is 4.57 Å². The van der Waals surface area contributed by atoms with Crippen LogP contribution in [0.2, 0.25) is 0 Å². The monoisotopic (exact) mass is 150 g/mol. The maximum Gasteiger partial charge on any atom is 0.361 e. The summed E-state index contributed by atoms with van der Waals surface area (Å²) in [6.07, 6.45) is 4.89. The Bertz CT molecular complexity index is 280. The van der Waals surface area contributed by atoms with E-state index in [-0.39, 0.29) is 0 Å². The Kier molecular flexibility index (Phi) is 2.27. The maximum absolute atomic E-state index is 8.72.